The Bertz CT molecular complexity index is 351. The predicted octanol–water partition coefficient (Wildman–Crippen LogP) is 0.823. The van der Waals surface area contributed by atoms with Gasteiger partial charge in [-0.1, -0.05) is 0 Å². The van der Waals surface area contributed by atoms with Crippen LogP contribution in [0.2, 0.25) is 6.04 Å². The number of rotatable bonds is 6. The number of aliphatic hydroxyl groups excluding tert-OH is 1. The van der Waals surface area contributed by atoms with Gasteiger partial charge in [-0.3, -0.25) is 0 Å². The van der Waals surface area contributed by atoms with E-state index in [0.29, 0.717) is 24.6 Å². The predicted molar refractivity (Wildman–Crippen MR) is 57.3 cm³/mol. The summed E-state index contributed by atoms with van der Waals surface area (Å²) in [6, 6.07) is 1.83. The van der Waals surface area contributed by atoms with Crippen LogP contribution in [0.5, 0.6) is 0 Å². The second-order valence-corrected chi connectivity index (χ2v) is 4.95. The maximum absolute atomic E-state index is 13.2. The van der Waals surface area contributed by atoms with Gasteiger partial charge in [-0.05, 0) is 18.9 Å². The molecule has 0 heterocycles. The minimum absolute atomic E-state index is 0.135. The Hall–Kier alpha value is -0.893. The van der Waals surface area contributed by atoms with Gasteiger partial charge in [-0.2, -0.15) is 0 Å². The first-order valence-electron chi connectivity index (χ1n) is 5.12. The van der Waals surface area contributed by atoms with E-state index in [-0.39, 0.29) is 12.0 Å². The van der Waals surface area contributed by atoms with E-state index < -0.39 is 33.7 Å². The second-order valence-electron chi connectivity index (χ2n) is 3.50. The van der Waals surface area contributed by atoms with Crippen molar-refractivity contribution in [2.45, 2.75) is 25.4 Å². The van der Waals surface area contributed by atoms with Crippen LogP contribution in [0.4, 0.5) is 13.2 Å². The van der Waals surface area contributed by atoms with E-state index in [1.165, 1.54) is 0 Å². The molecule has 0 aliphatic rings. The fourth-order valence-corrected chi connectivity index (χ4v) is 2.24. The highest BCUT2D eigenvalue weighted by molar-refractivity contribution is 6.26. The third kappa shape index (κ3) is 4.86. The van der Waals surface area contributed by atoms with Gasteiger partial charge in [-0.25, -0.2) is 13.2 Å². The van der Waals surface area contributed by atoms with E-state index in [9.17, 15) is 13.2 Å². The Morgan fingerprint density at radius 1 is 1.18 bits per heavy atom. The zero-order chi connectivity index (χ0) is 12.8. The van der Waals surface area contributed by atoms with Crippen molar-refractivity contribution in [3.63, 3.8) is 0 Å². The van der Waals surface area contributed by atoms with Gasteiger partial charge in [0.2, 0.25) is 0 Å². The van der Waals surface area contributed by atoms with Gasteiger partial charge in [-0.15, -0.1) is 0 Å². The molecule has 96 valence electrons. The number of hydrogen-bond donors (Lipinski definition) is 2. The molecule has 0 saturated carbocycles. The summed E-state index contributed by atoms with van der Waals surface area (Å²) < 4.78 is 43.5. The molecule has 0 aliphatic heterocycles. The van der Waals surface area contributed by atoms with Gasteiger partial charge < -0.3 is 14.6 Å². The number of benzene rings is 1. The van der Waals surface area contributed by atoms with Crippen LogP contribution in [-0.4, -0.2) is 26.5 Å². The third-order valence-corrected chi connectivity index (χ3v) is 3.52. The molecule has 0 unspecified atom stereocenters. The summed E-state index contributed by atoms with van der Waals surface area (Å²) in [7, 11) is -1.10. The monoisotopic (exact) mass is 266 g/mol. The molecular formula is C10H13F3O3Si. The molecule has 7 heteroatoms. The van der Waals surface area contributed by atoms with Crippen molar-refractivity contribution in [2.24, 2.45) is 0 Å². The fourth-order valence-electron chi connectivity index (χ4n) is 1.40. The van der Waals surface area contributed by atoms with Crippen molar-refractivity contribution in [3.05, 3.63) is 35.1 Å². The molecule has 0 aromatic heterocycles. The van der Waals surface area contributed by atoms with E-state index in [4.69, 9.17) is 10.2 Å². The molecule has 0 bridgehead atoms. The van der Waals surface area contributed by atoms with Crippen molar-refractivity contribution in [1.29, 1.82) is 0 Å². The quantitative estimate of drug-likeness (QED) is 0.455. The van der Waals surface area contributed by atoms with E-state index >= 15 is 0 Å². The highest BCUT2D eigenvalue weighted by Gasteiger charge is 2.11. The molecular weight excluding hydrogens is 253 g/mol. The molecule has 0 fully saturated rings. The maximum atomic E-state index is 13.2. The van der Waals surface area contributed by atoms with Crippen LogP contribution in [0, 0.1) is 17.5 Å². The first-order chi connectivity index (χ1) is 8.00. The summed E-state index contributed by atoms with van der Waals surface area (Å²) in [5.74, 6) is -2.73. The molecule has 0 atom stereocenters. The summed E-state index contributed by atoms with van der Waals surface area (Å²) in [5, 5.41) is 16.8. The molecule has 0 amide bonds. The minimum atomic E-state index is -1.78. The van der Waals surface area contributed by atoms with Crippen LogP contribution in [0.3, 0.4) is 0 Å². The van der Waals surface area contributed by atoms with Crippen molar-refractivity contribution >= 4 is 9.76 Å². The standard InChI is InChI=1S/C10H13F3O3Si/c11-6-4-8(12)7(9(13)5-6)2-1-3-17-16-10(14)15/h4-5,10,14-15H,1-3,17H2. The normalized spacial score (nSPS) is 11.9. The van der Waals surface area contributed by atoms with Crippen LogP contribution >= 0.6 is 0 Å². The second kappa shape index (κ2) is 6.75. The minimum Gasteiger partial charge on any atom is -0.379 e. The molecule has 1 aromatic carbocycles. The van der Waals surface area contributed by atoms with E-state index in [0.717, 1.165) is 0 Å². The van der Waals surface area contributed by atoms with Gasteiger partial charge in [0, 0.05) is 17.7 Å². The summed E-state index contributed by atoms with van der Waals surface area (Å²) in [6.07, 6.45) is 0.592. The van der Waals surface area contributed by atoms with Gasteiger partial charge >= 0.3 is 0 Å². The SMILES string of the molecule is OC(O)O[SiH2]CCCc1c(F)cc(F)cc1F. The summed E-state index contributed by atoms with van der Waals surface area (Å²) in [5.41, 5.74) is -0.148. The third-order valence-electron chi connectivity index (χ3n) is 2.19. The molecule has 1 rings (SSSR count). The first-order valence-corrected chi connectivity index (χ1v) is 6.69. The first kappa shape index (κ1) is 14.2. The smallest absolute Gasteiger partial charge is 0.256 e. The van der Waals surface area contributed by atoms with Gasteiger partial charge in [0.05, 0.1) is 0 Å². The Morgan fingerprint density at radius 2 is 1.76 bits per heavy atom. The molecule has 1 aromatic rings. The van der Waals surface area contributed by atoms with Crippen LogP contribution in [0.15, 0.2) is 12.1 Å². The van der Waals surface area contributed by atoms with Gasteiger partial charge in [0.15, 0.2) is 9.76 Å². The molecule has 17 heavy (non-hydrogen) atoms. The zero-order valence-electron chi connectivity index (χ0n) is 9.00. The summed E-state index contributed by atoms with van der Waals surface area (Å²) >= 11 is 0. The highest BCUT2D eigenvalue weighted by Crippen LogP contribution is 2.17. The molecule has 0 aliphatic carbocycles. The fraction of sp³-hybridized carbons (Fsp3) is 0.400. The van der Waals surface area contributed by atoms with E-state index in [1.54, 1.807) is 0 Å². The summed E-state index contributed by atoms with van der Waals surface area (Å²) in [6.45, 7) is -1.78. The number of hydrogen-bond acceptors (Lipinski definition) is 3. The average Bonchev–Trinajstić information content (AvgIpc) is 2.20. The molecule has 0 saturated heterocycles. The van der Waals surface area contributed by atoms with Gasteiger partial charge in [0.25, 0.3) is 6.48 Å². The maximum Gasteiger partial charge on any atom is 0.256 e. The largest absolute Gasteiger partial charge is 0.379 e. The lowest BCUT2D eigenvalue weighted by Gasteiger charge is -2.06. The Morgan fingerprint density at radius 3 is 2.29 bits per heavy atom. The molecule has 0 spiro atoms. The van der Waals surface area contributed by atoms with E-state index in [1.807, 2.05) is 0 Å². The van der Waals surface area contributed by atoms with E-state index in [2.05, 4.69) is 4.43 Å². The lowest BCUT2D eigenvalue weighted by molar-refractivity contribution is -0.180. The van der Waals surface area contributed by atoms with Crippen molar-refractivity contribution < 1.29 is 27.8 Å². The zero-order valence-corrected chi connectivity index (χ0v) is 10.4. The highest BCUT2D eigenvalue weighted by atomic mass is 28.2. The van der Waals surface area contributed by atoms with Crippen molar-refractivity contribution in [1.82, 2.24) is 0 Å². The molecule has 0 radical (unpaired) electrons. The van der Waals surface area contributed by atoms with Crippen LogP contribution in [0.25, 0.3) is 0 Å². The van der Waals surface area contributed by atoms with Crippen LogP contribution in [0.1, 0.15) is 12.0 Å². The van der Waals surface area contributed by atoms with Crippen molar-refractivity contribution in [2.75, 3.05) is 0 Å². The lowest BCUT2D eigenvalue weighted by atomic mass is 10.1. The number of halogens is 3. The lowest BCUT2D eigenvalue weighted by Crippen LogP contribution is -2.13. The van der Waals surface area contributed by atoms with Crippen molar-refractivity contribution in [3.8, 4) is 0 Å². The Kier molecular flexibility index (Phi) is 5.62. The molecule has 3 nitrogen and oxygen atoms in total. The number of aliphatic hydroxyl groups is 2. The topological polar surface area (TPSA) is 49.7 Å². The van der Waals surface area contributed by atoms with Crippen LogP contribution < -0.4 is 0 Å². The van der Waals surface area contributed by atoms with Gasteiger partial charge in [0.1, 0.15) is 17.5 Å². The summed E-state index contributed by atoms with van der Waals surface area (Å²) in [4.78, 5) is 0. The molecule has 2 N–H and O–H groups in total. The Balaban J connectivity index is 2.42. The average molecular weight is 266 g/mol. The Labute approximate surface area is 98.8 Å². The van der Waals surface area contributed by atoms with Crippen LogP contribution in [-0.2, 0) is 10.8 Å².